The van der Waals surface area contributed by atoms with E-state index in [0.29, 0.717) is 5.75 Å². The van der Waals surface area contributed by atoms with Gasteiger partial charge in [-0.3, -0.25) is 4.98 Å². The summed E-state index contributed by atoms with van der Waals surface area (Å²) in [6.07, 6.45) is 10.6. The molecule has 2 aromatic carbocycles. The van der Waals surface area contributed by atoms with E-state index in [0.717, 1.165) is 47.9 Å². The number of pyridine rings is 1. The van der Waals surface area contributed by atoms with Crippen LogP contribution < -0.4 is 4.74 Å². The number of oxime groups is 1. The molecule has 1 N–H and O–H groups in total. The topological polar surface area (TPSA) is 81.0 Å². The van der Waals surface area contributed by atoms with E-state index >= 15 is 0 Å². The maximum Gasteiger partial charge on any atom is 0.341 e. The molecule has 33 heavy (non-hydrogen) atoms. The van der Waals surface area contributed by atoms with Crippen LogP contribution in [0.4, 0.5) is 0 Å². The Labute approximate surface area is 193 Å². The van der Waals surface area contributed by atoms with Crippen molar-refractivity contribution in [3.05, 3.63) is 101 Å². The van der Waals surface area contributed by atoms with Crippen LogP contribution in [0.1, 0.15) is 47.6 Å². The Balaban J connectivity index is 1.36. The summed E-state index contributed by atoms with van der Waals surface area (Å²) in [5.74, 6) is -0.317. The molecule has 0 fully saturated rings. The van der Waals surface area contributed by atoms with Gasteiger partial charge >= 0.3 is 5.97 Å². The quantitative estimate of drug-likeness (QED) is 0.334. The monoisotopic (exact) mass is 442 g/mol. The average Bonchev–Trinajstić information content (AvgIpc) is 2.85. The Kier molecular flexibility index (Phi) is 7.48. The minimum absolute atomic E-state index is 0.282. The normalized spacial score (nSPS) is 13.8. The van der Waals surface area contributed by atoms with Gasteiger partial charge in [-0.25, -0.2) is 4.79 Å². The van der Waals surface area contributed by atoms with Crippen molar-refractivity contribution in [1.29, 1.82) is 0 Å². The summed E-state index contributed by atoms with van der Waals surface area (Å²) in [7, 11) is 0. The molecule has 1 unspecified atom stereocenters. The van der Waals surface area contributed by atoms with Gasteiger partial charge in [-0.1, -0.05) is 59.3 Å². The molecule has 168 valence electrons. The van der Waals surface area contributed by atoms with E-state index in [-0.39, 0.29) is 12.7 Å². The van der Waals surface area contributed by atoms with E-state index in [1.807, 2.05) is 66.9 Å². The number of carboxylic acid groups (broad SMARTS) is 1. The van der Waals surface area contributed by atoms with Gasteiger partial charge < -0.3 is 14.7 Å². The van der Waals surface area contributed by atoms with Gasteiger partial charge in [0.05, 0.1) is 0 Å². The molecule has 3 aromatic rings. The minimum Gasteiger partial charge on any atom is -0.482 e. The lowest BCUT2D eigenvalue weighted by Crippen LogP contribution is -2.12. The Bertz CT molecular complexity index is 1090. The number of aromatic nitrogens is 1. The number of nitrogens with zero attached hydrogens (tertiary/aromatic N) is 2. The first-order valence-corrected chi connectivity index (χ1v) is 11.0. The average molecular weight is 443 g/mol. The molecular weight excluding hydrogens is 416 g/mol. The Hall–Kier alpha value is -3.93. The molecule has 0 spiro atoms. The maximum absolute atomic E-state index is 10.8. The van der Waals surface area contributed by atoms with Crippen LogP contribution in [0.3, 0.4) is 0 Å². The van der Waals surface area contributed by atoms with E-state index in [9.17, 15) is 4.79 Å². The second-order valence-corrected chi connectivity index (χ2v) is 7.81. The molecule has 0 saturated carbocycles. The van der Waals surface area contributed by atoms with Crippen LogP contribution >= 0.6 is 0 Å². The number of aliphatic carboxylic acids is 1. The highest BCUT2D eigenvalue weighted by Crippen LogP contribution is 2.32. The highest BCUT2D eigenvalue weighted by atomic mass is 16.6. The Morgan fingerprint density at radius 2 is 1.82 bits per heavy atom. The molecule has 0 radical (unpaired) electrons. The number of rotatable bonds is 10. The van der Waals surface area contributed by atoms with Gasteiger partial charge in [-0.15, -0.1) is 0 Å². The fraction of sp³-hybridized carbons (Fsp3) is 0.222. The summed E-state index contributed by atoms with van der Waals surface area (Å²) >= 11 is 0. The third-order valence-corrected chi connectivity index (χ3v) is 5.52. The van der Waals surface area contributed by atoms with Crippen LogP contribution in [0.25, 0.3) is 6.08 Å². The van der Waals surface area contributed by atoms with Crippen molar-refractivity contribution in [3.8, 4) is 5.75 Å². The van der Waals surface area contributed by atoms with Gasteiger partial charge in [-0.2, -0.15) is 0 Å². The number of carbonyl (C=O) groups is 1. The van der Waals surface area contributed by atoms with Crippen molar-refractivity contribution < 1.29 is 19.5 Å². The van der Waals surface area contributed by atoms with Crippen LogP contribution in [0, 0.1) is 0 Å². The second kappa shape index (κ2) is 11.1. The molecule has 0 bridgehead atoms. The molecule has 1 heterocycles. The van der Waals surface area contributed by atoms with Crippen molar-refractivity contribution >= 4 is 18.3 Å². The summed E-state index contributed by atoms with van der Waals surface area (Å²) < 4.78 is 5.44. The number of benzene rings is 2. The number of hydrogen-bond acceptors (Lipinski definition) is 5. The lowest BCUT2D eigenvalue weighted by atomic mass is 9.89. The zero-order chi connectivity index (χ0) is 22.9. The molecule has 1 aliphatic carbocycles. The summed E-state index contributed by atoms with van der Waals surface area (Å²) in [6.45, 7) is -0.326. The van der Waals surface area contributed by atoms with Gasteiger partial charge in [0.1, 0.15) is 5.75 Å². The molecule has 6 heteroatoms. The molecular formula is C27H26N2O4. The first kappa shape index (κ1) is 22.3. The second-order valence-electron chi connectivity index (χ2n) is 7.81. The van der Waals surface area contributed by atoms with Gasteiger partial charge in [0.25, 0.3) is 0 Å². The highest BCUT2D eigenvalue weighted by Gasteiger charge is 2.16. The van der Waals surface area contributed by atoms with E-state index in [1.165, 1.54) is 5.57 Å². The highest BCUT2D eigenvalue weighted by molar-refractivity contribution is 5.69. The van der Waals surface area contributed by atoms with Gasteiger partial charge in [0, 0.05) is 29.7 Å². The summed E-state index contributed by atoms with van der Waals surface area (Å²) in [4.78, 5) is 20.8. The van der Waals surface area contributed by atoms with Crippen LogP contribution in [0.5, 0.6) is 5.75 Å². The molecule has 4 rings (SSSR count). The molecule has 1 atom stereocenters. The molecule has 0 saturated heterocycles. The molecule has 0 aliphatic heterocycles. The number of fused-ring (bicyclic) bond motifs is 1. The lowest BCUT2D eigenvalue weighted by molar-refractivity contribution is -0.139. The van der Waals surface area contributed by atoms with Crippen molar-refractivity contribution in [1.82, 2.24) is 4.98 Å². The van der Waals surface area contributed by atoms with Crippen LogP contribution in [0.2, 0.25) is 0 Å². The largest absolute Gasteiger partial charge is 0.482 e. The number of hydrogen-bond donors (Lipinski definition) is 1. The van der Waals surface area contributed by atoms with E-state index in [1.54, 1.807) is 12.4 Å². The van der Waals surface area contributed by atoms with E-state index < -0.39 is 5.97 Å². The predicted molar refractivity (Wildman–Crippen MR) is 127 cm³/mol. The van der Waals surface area contributed by atoms with Crippen LogP contribution in [-0.2, 0) is 16.1 Å². The Morgan fingerprint density at radius 1 is 1.03 bits per heavy atom. The number of carboxylic acids is 1. The Morgan fingerprint density at radius 3 is 2.61 bits per heavy atom. The van der Waals surface area contributed by atoms with Crippen molar-refractivity contribution in [2.45, 2.75) is 31.8 Å². The zero-order valence-corrected chi connectivity index (χ0v) is 18.3. The lowest BCUT2D eigenvalue weighted by Gasteiger charge is -2.19. The van der Waals surface area contributed by atoms with Crippen LogP contribution in [-0.4, -0.2) is 28.9 Å². The smallest absolute Gasteiger partial charge is 0.341 e. The standard InChI is InChI=1S/C27H26N2O4/c30-26(31)19-32-25-10-4-9-23-18-20(11-12-24(23)25)6-5-15-29-33-27(21-7-2-1-3-8-21)22-13-16-28-17-14-22/h1-4,7-10,13-18,27H,5-6,11-12,19H2,(H,30,31). The number of allylic oxidation sites excluding steroid dienone is 1. The SMILES string of the molecule is O=C(O)COc1cccc2c1CCC(CCC=NOC(c1ccccc1)c1ccncc1)=C2. The summed E-state index contributed by atoms with van der Waals surface area (Å²) in [5, 5.41) is 13.1. The predicted octanol–water partition coefficient (Wildman–Crippen LogP) is 5.45. The molecule has 0 amide bonds. The van der Waals surface area contributed by atoms with Gasteiger partial charge in [0.2, 0.25) is 0 Å². The molecule has 6 nitrogen and oxygen atoms in total. The van der Waals surface area contributed by atoms with Crippen molar-refractivity contribution in [3.63, 3.8) is 0 Å². The first-order valence-electron chi connectivity index (χ1n) is 11.0. The van der Waals surface area contributed by atoms with Gasteiger partial charge in [-0.05, 0) is 55.0 Å². The third-order valence-electron chi connectivity index (χ3n) is 5.52. The minimum atomic E-state index is -0.973. The van der Waals surface area contributed by atoms with Crippen molar-refractivity contribution in [2.24, 2.45) is 5.16 Å². The fourth-order valence-corrected chi connectivity index (χ4v) is 3.92. The summed E-state index contributed by atoms with van der Waals surface area (Å²) in [6, 6.07) is 19.6. The maximum atomic E-state index is 10.8. The summed E-state index contributed by atoms with van der Waals surface area (Å²) in [5.41, 5.74) is 5.53. The third kappa shape index (κ3) is 6.07. The zero-order valence-electron chi connectivity index (χ0n) is 18.3. The van der Waals surface area contributed by atoms with Crippen molar-refractivity contribution in [2.75, 3.05) is 6.61 Å². The van der Waals surface area contributed by atoms with E-state index in [4.69, 9.17) is 14.7 Å². The molecule has 1 aliphatic rings. The van der Waals surface area contributed by atoms with Gasteiger partial charge in [0.15, 0.2) is 12.7 Å². The van der Waals surface area contributed by atoms with E-state index in [2.05, 4.69) is 16.2 Å². The molecule has 1 aromatic heterocycles. The number of ether oxygens (including phenoxy) is 1. The first-order chi connectivity index (χ1) is 16.2. The van der Waals surface area contributed by atoms with Crippen LogP contribution in [0.15, 0.2) is 83.8 Å². The fourth-order valence-electron chi connectivity index (χ4n) is 3.92.